The van der Waals surface area contributed by atoms with Gasteiger partial charge in [0.2, 0.25) is 0 Å². The van der Waals surface area contributed by atoms with E-state index >= 15 is 0 Å². The average Bonchev–Trinajstić information content (AvgIpc) is 2.65. The Labute approximate surface area is 62.4 Å². The van der Waals surface area contributed by atoms with E-state index in [-0.39, 0.29) is 5.60 Å². The zero-order valence-electron chi connectivity index (χ0n) is 6.64. The first-order chi connectivity index (χ1) is 4.73. The van der Waals surface area contributed by atoms with Crippen LogP contribution in [0.25, 0.3) is 0 Å². The molecule has 58 valence electrons. The second-order valence-electron chi connectivity index (χ2n) is 4.06. The third-order valence-electron chi connectivity index (χ3n) is 3.35. The standard InChI is InChI=1S/C9H16O/c1-7-3-2-6-9(7,10)8-4-5-8/h7-8,10H,2-6H2,1H3. The van der Waals surface area contributed by atoms with Crippen LogP contribution in [0.15, 0.2) is 0 Å². The van der Waals surface area contributed by atoms with Gasteiger partial charge in [-0.15, -0.1) is 0 Å². The molecule has 0 aromatic rings. The highest BCUT2D eigenvalue weighted by Crippen LogP contribution is 2.50. The van der Waals surface area contributed by atoms with E-state index in [1.54, 1.807) is 0 Å². The number of rotatable bonds is 1. The van der Waals surface area contributed by atoms with Crippen molar-refractivity contribution in [2.24, 2.45) is 11.8 Å². The molecule has 1 N–H and O–H groups in total. The van der Waals surface area contributed by atoms with Gasteiger partial charge in [0.1, 0.15) is 0 Å². The summed E-state index contributed by atoms with van der Waals surface area (Å²) in [7, 11) is 0. The Bertz CT molecular complexity index is 140. The van der Waals surface area contributed by atoms with Gasteiger partial charge in [-0.2, -0.15) is 0 Å². The van der Waals surface area contributed by atoms with E-state index < -0.39 is 0 Å². The monoisotopic (exact) mass is 140 g/mol. The van der Waals surface area contributed by atoms with Crippen LogP contribution >= 0.6 is 0 Å². The predicted molar refractivity (Wildman–Crippen MR) is 40.7 cm³/mol. The van der Waals surface area contributed by atoms with Gasteiger partial charge in [0.25, 0.3) is 0 Å². The van der Waals surface area contributed by atoms with E-state index in [1.807, 2.05) is 0 Å². The molecule has 2 atom stereocenters. The summed E-state index contributed by atoms with van der Waals surface area (Å²) >= 11 is 0. The van der Waals surface area contributed by atoms with Gasteiger partial charge in [0.15, 0.2) is 0 Å². The van der Waals surface area contributed by atoms with Crippen molar-refractivity contribution in [3.63, 3.8) is 0 Å². The molecule has 2 aliphatic carbocycles. The molecule has 0 spiro atoms. The summed E-state index contributed by atoms with van der Waals surface area (Å²) in [6, 6.07) is 0. The van der Waals surface area contributed by atoms with E-state index in [4.69, 9.17) is 0 Å². The van der Waals surface area contributed by atoms with Crippen LogP contribution in [0.5, 0.6) is 0 Å². The van der Waals surface area contributed by atoms with Crippen LogP contribution < -0.4 is 0 Å². The molecule has 2 aliphatic rings. The second kappa shape index (κ2) is 1.97. The summed E-state index contributed by atoms with van der Waals surface area (Å²) in [6.45, 7) is 2.20. The van der Waals surface area contributed by atoms with Crippen molar-refractivity contribution in [2.75, 3.05) is 0 Å². The SMILES string of the molecule is CC1CCCC1(O)C1CC1. The summed E-state index contributed by atoms with van der Waals surface area (Å²) in [5.41, 5.74) is -0.236. The molecule has 1 nitrogen and oxygen atoms in total. The van der Waals surface area contributed by atoms with Crippen molar-refractivity contribution in [1.82, 2.24) is 0 Å². The molecule has 0 saturated heterocycles. The number of aliphatic hydroxyl groups is 1. The lowest BCUT2D eigenvalue weighted by Gasteiger charge is -2.27. The highest BCUT2D eigenvalue weighted by Gasteiger charge is 2.49. The molecule has 1 heteroatoms. The van der Waals surface area contributed by atoms with Gasteiger partial charge in [0.05, 0.1) is 5.60 Å². The molecule has 2 unspecified atom stereocenters. The highest BCUT2D eigenvalue weighted by atomic mass is 16.3. The average molecular weight is 140 g/mol. The normalized spacial score (nSPS) is 48.0. The van der Waals surface area contributed by atoms with Crippen LogP contribution in [-0.4, -0.2) is 10.7 Å². The second-order valence-corrected chi connectivity index (χ2v) is 4.06. The van der Waals surface area contributed by atoms with E-state index in [0.717, 1.165) is 6.42 Å². The first kappa shape index (κ1) is 6.66. The van der Waals surface area contributed by atoms with Crippen LogP contribution in [0, 0.1) is 11.8 Å². The van der Waals surface area contributed by atoms with Crippen LogP contribution in [0.2, 0.25) is 0 Å². The maximum absolute atomic E-state index is 10.1. The van der Waals surface area contributed by atoms with E-state index in [0.29, 0.717) is 11.8 Å². The highest BCUT2D eigenvalue weighted by molar-refractivity contribution is 5.00. The summed E-state index contributed by atoms with van der Waals surface area (Å²) in [6.07, 6.45) is 6.11. The van der Waals surface area contributed by atoms with Gasteiger partial charge in [-0.25, -0.2) is 0 Å². The van der Waals surface area contributed by atoms with Gasteiger partial charge in [-0.05, 0) is 37.5 Å². The molecular formula is C9H16O. The van der Waals surface area contributed by atoms with Crippen molar-refractivity contribution in [2.45, 2.75) is 44.6 Å². The quantitative estimate of drug-likeness (QED) is 0.590. The number of hydrogen-bond acceptors (Lipinski definition) is 1. The predicted octanol–water partition coefficient (Wildman–Crippen LogP) is 1.95. The van der Waals surface area contributed by atoms with E-state index in [2.05, 4.69) is 6.92 Å². The molecule has 2 rings (SSSR count). The maximum atomic E-state index is 10.1. The summed E-state index contributed by atoms with van der Waals surface area (Å²) < 4.78 is 0. The third-order valence-corrected chi connectivity index (χ3v) is 3.35. The van der Waals surface area contributed by atoms with Crippen molar-refractivity contribution in [1.29, 1.82) is 0 Å². The summed E-state index contributed by atoms with van der Waals surface area (Å²) in [5.74, 6) is 1.24. The van der Waals surface area contributed by atoms with Gasteiger partial charge in [-0.3, -0.25) is 0 Å². The van der Waals surface area contributed by atoms with Crippen LogP contribution in [0.1, 0.15) is 39.0 Å². The lowest BCUT2D eigenvalue weighted by Crippen LogP contribution is -2.33. The molecule has 0 amide bonds. The van der Waals surface area contributed by atoms with Crippen molar-refractivity contribution in [3.05, 3.63) is 0 Å². The summed E-state index contributed by atoms with van der Waals surface area (Å²) in [4.78, 5) is 0. The molecule has 2 saturated carbocycles. The fourth-order valence-corrected chi connectivity index (χ4v) is 2.38. The molecule has 0 aromatic carbocycles. The molecular weight excluding hydrogens is 124 g/mol. The maximum Gasteiger partial charge on any atom is 0.0701 e. The molecule has 10 heavy (non-hydrogen) atoms. The molecule has 0 aliphatic heterocycles. The molecule has 0 bridgehead atoms. The Kier molecular flexibility index (Phi) is 1.31. The van der Waals surface area contributed by atoms with Crippen molar-refractivity contribution < 1.29 is 5.11 Å². The molecule has 2 fully saturated rings. The Morgan fingerprint density at radius 1 is 1.30 bits per heavy atom. The minimum absolute atomic E-state index is 0.236. The van der Waals surface area contributed by atoms with E-state index in [9.17, 15) is 5.11 Å². The first-order valence-corrected chi connectivity index (χ1v) is 4.46. The first-order valence-electron chi connectivity index (χ1n) is 4.46. The van der Waals surface area contributed by atoms with Gasteiger partial charge in [0, 0.05) is 0 Å². The van der Waals surface area contributed by atoms with Crippen molar-refractivity contribution >= 4 is 0 Å². The third kappa shape index (κ3) is 0.800. The van der Waals surface area contributed by atoms with Gasteiger partial charge < -0.3 is 5.11 Å². The van der Waals surface area contributed by atoms with Gasteiger partial charge in [-0.1, -0.05) is 13.3 Å². The lowest BCUT2D eigenvalue weighted by atomic mass is 9.88. The molecule has 0 heterocycles. The van der Waals surface area contributed by atoms with Crippen LogP contribution in [0.4, 0.5) is 0 Å². The zero-order chi connectivity index (χ0) is 7.19. The Hall–Kier alpha value is -0.0400. The Morgan fingerprint density at radius 2 is 2.00 bits per heavy atom. The minimum atomic E-state index is -0.236. The summed E-state index contributed by atoms with van der Waals surface area (Å²) in [5, 5.41) is 10.1. The fraction of sp³-hybridized carbons (Fsp3) is 1.00. The van der Waals surface area contributed by atoms with Gasteiger partial charge >= 0.3 is 0 Å². The fourth-order valence-electron chi connectivity index (χ4n) is 2.38. The topological polar surface area (TPSA) is 20.2 Å². The largest absolute Gasteiger partial charge is 0.389 e. The molecule has 0 aromatic heterocycles. The van der Waals surface area contributed by atoms with E-state index in [1.165, 1.54) is 25.7 Å². The minimum Gasteiger partial charge on any atom is -0.389 e. The Balaban J connectivity index is 2.10. The lowest BCUT2D eigenvalue weighted by molar-refractivity contribution is -0.0125. The van der Waals surface area contributed by atoms with Crippen molar-refractivity contribution in [3.8, 4) is 0 Å². The van der Waals surface area contributed by atoms with Crippen LogP contribution in [0.3, 0.4) is 0 Å². The zero-order valence-corrected chi connectivity index (χ0v) is 6.64. The molecule has 0 radical (unpaired) electrons. The smallest absolute Gasteiger partial charge is 0.0701 e. The Morgan fingerprint density at radius 3 is 2.40 bits per heavy atom. The number of hydrogen-bond donors (Lipinski definition) is 1. The van der Waals surface area contributed by atoms with Crippen LogP contribution in [-0.2, 0) is 0 Å².